The summed E-state index contributed by atoms with van der Waals surface area (Å²) in [5.74, 6) is 0.397. The van der Waals surface area contributed by atoms with Crippen LogP contribution in [0.3, 0.4) is 0 Å². The Hall–Kier alpha value is -2.00. The van der Waals surface area contributed by atoms with Crippen LogP contribution in [0.25, 0.3) is 0 Å². The number of aromatic nitrogens is 1. The van der Waals surface area contributed by atoms with Crippen molar-refractivity contribution in [2.45, 2.75) is 50.8 Å². The summed E-state index contributed by atoms with van der Waals surface area (Å²) in [6, 6.07) is 10.6. The molecule has 1 aromatic heterocycles. The zero-order chi connectivity index (χ0) is 20.9. The summed E-state index contributed by atoms with van der Waals surface area (Å²) in [6.45, 7) is 8.11. The number of aliphatic hydroxyl groups excluding tert-OH is 1. The van der Waals surface area contributed by atoms with Crippen molar-refractivity contribution in [1.82, 2.24) is 4.98 Å². The Morgan fingerprint density at radius 3 is 2.24 bits per heavy atom. The molecule has 1 atom stereocenters. The van der Waals surface area contributed by atoms with Gasteiger partial charge in [-0.05, 0) is 50.9 Å². The first-order valence-corrected chi connectivity index (χ1v) is 9.73. The predicted octanol–water partition coefficient (Wildman–Crippen LogP) is 2.68. The molecule has 0 bridgehead atoms. The van der Waals surface area contributed by atoms with E-state index in [9.17, 15) is 9.50 Å². The zero-order valence-electron chi connectivity index (χ0n) is 17.1. The average Bonchev–Trinajstić information content (AvgIpc) is 2.87. The molecule has 0 spiro atoms. The number of hydrogen-bond acceptors (Lipinski definition) is 6. The first kappa shape index (κ1) is 20.3. The van der Waals surface area contributed by atoms with Crippen LogP contribution in [0.1, 0.15) is 45.0 Å². The van der Waals surface area contributed by atoms with Crippen LogP contribution in [0, 0.1) is 0 Å². The van der Waals surface area contributed by atoms with Gasteiger partial charge in [-0.25, -0.2) is 9.37 Å². The van der Waals surface area contributed by atoms with Gasteiger partial charge in [-0.1, -0.05) is 24.3 Å². The molecule has 4 rings (SSSR count). The molecule has 0 saturated carbocycles. The molecule has 154 valence electrons. The number of pyridine rings is 1. The highest BCUT2D eigenvalue weighted by Crippen LogP contribution is 2.37. The summed E-state index contributed by atoms with van der Waals surface area (Å²) in [5.41, 5.74) is -0.275. The van der Waals surface area contributed by atoms with E-state index in [1.807, 2.05) is 39.8 Å². The van der Waals surface area contributed by atoms with Gasteiger partial charge in [0.15, 0.2) is 11.9 Å². The van der Waals surface area contributed by atoms with Crippen molar-refractivity contribution in [3.05, 3.63) is 53.7 Å². The van der Waals surface area contributed by atoms with E-state index >= 15 is 0 Å². The van der Waals surface area contributed by atoms with Gasteiger partial charge in [0.05, 0.1) is 24.4 Å². The van der Waals surface area contributed by atoms with Gasteiger partial charge in [0, 0.05) is 11.8 Å². The predicted molar refractivity (Wildman–Crippen MR) is 109 cm³/mol. The summed E-state index contributed by atoms with van der Waals surface area (Å²) in [4.78, 5) is 4.17. The summed E-state index contributed by atoms with van der Waals surface area (Å²) in [6.07, 6.45) is 0.532. The van der Waals surface area contributed by atoms with Crippen molar-refractivity contribution in [2.75, 3.05) is 18.5 Å². The smallest absolute Gasteiger partial charge is 0.399 e. The number of ether oxygens (including phenoxy) is 1. The lowest BCUT2D eigenvalue weighted by atomic mass is 9.79. The van der Waals surface area contributed by atoms with E-state index in [4.69, 9.17) is 14.0 Å². The van der Waals surface area contributed by atoms with Crippen molar-refractivity contribution in [3.8, 4) is 0 Å². The third kappa shape index (κ3) is 3.77. The topological polar surface area (TPSA) is 72.8 Å². The van der Waals surface area contributed by atoms with Crippen LogP contribution in [0.15, 0.2) is 42.6 Å². The van der Waals surface area contributed by atoms with E-state index in [-0.39, 0.29) is 13.2 Å². The van der Waals surface area contributed by atoms with Crippen molar-refractivity contribution in [2.24, 2.45) is 0 Å². The fourth-order valence-corrected chi connectivity index (χ4v) is 3.27. The van der Waals surface area contributed by atoms with Crippen LogP contribution < -0.4 is 10.8 Å². The van der Waals surface area contributed by atoms with Crippen LogP contribution in [-0.4, -0.2) is 41.6 Å². The quantitative estimate of drug-likeness (QED) is 0.594. The number of hydrogen-bond donors (Lipinski definition) is 2. The van der Waals surface area contributed by atoms with Crippen molar-refractivity contribution in [3.63, 3.8) is 0 Å². The maximum atomic E-state index is 14.5. The number of halogens is 1. The Balaban J connectivity index is 1.44. The van der Waals surface area contributed by atoms with Gasteiger partial charge in [0.1, 0.15) is 5.82 Å². The molecule has 3 heterocycles. The number of nitrogens with zero attached hydrogens (tertiary/aromatic N) is 1. The zero-order valence-corrected chi connectivity index (χ0v) is 17.1. The first-order chi connectivity index (χ1) is 13.6. The normalized spacial score (nSPS) is 22.8. The molecule has 29 heavy (non-hydrogen) atoms. The van der Waals surface area contributed by atoms with Gasteiger partial charge in [-0.2, -0.15) is 0 Å². The SMILES string of the molecule is CC1(C)OB(c2ccc(C(O)Nc3cc(C4(F)COC4)ccn3)cc2)OC1(C)C. The fraction of sp³-hybridized carbons (Fsp3) is 0.476. The van der Waals surface area contributed by atoms with Crippen LogP contribution in [0.2, 0.25) is 0 Å². The van der Waals surface area contributed by atoms with E-state index < -0.39 is 30.2 Å². The van der Waals surface area contributed by atoms with E-state index in [0.29, 0.717) is 16.9 Å². The molecule has 0 amide bonds. The lowest BCUT2D eigenvalue weighted by molar-refractivity contribution is -0.135. The van der Waals surface area contributed by atoms with E-state index in [0.717, 1.165) is 5.46 Å². The maximum absolute atomic E-state index is 14.5. The molecule has 6 nitrogen and oxygen atoms in total. The molecule has 2 aliphatic heterocycles. The second-order valence-corrected chi connectivity index (χ2v) is 8.69. The molecule has 8 heteroatoms. The Kier molecular flexibility index (Phi) is 4.94. The minimum Gasteiger partial charge on any atom is -0.399 e. The second kappa shape index (κ2) is 7.06. The third-order valence-electron chi connectivity index (χ3n) is 6.00. The fourth-order valence-electron chi connectivity index (χ4n) is 3.27. The number of rotatable bonds is 5. The number of aliphatic hydroxyl groups is 1. The van der Waals surface area contributed by atoms with Gasteiger partial charge in [-0.15, -0.1) is 0 Å². The maximum Gasteiger partial charge on any atom is 0.494 e. The summed E-state index contributed by atoms with van der Waals surface area (Å²) < 4.78 is 31.6. The average molecular weight is 400 g/mol. The Morgan fingerprint density at radius 2 is 1.69 bits per heavy atom. The van der Waals surface area contributed by atoms with Gasteiger partial charge < -0.3 is 24.5 Å². The Bertz CT molecular complexity index is 871. The molecule has 2 aliphatic rings. The molecule has 1 unspecified atom stereocenters. The third-order valence-corrected chi connectivity index (χ3v) is 6.00. The largest absolute Gasteiger partial charge is 0.494 e. The number of alkyl halides is 1. The van der Waals surface area contributed by atoms with Crippen molar-refractivity contribution >= 4 is 18.4 Å². The van der Waals surface area contributed by atoms with Gasteiger partial charge >= 0.3 is 7.12 Å². The summed E-state index contributed by atoms with van der Waals surface area (Å²) in [5, 5.41) is 13.4. The lowest BCUT2D eigenvalue weighted by Gasteiger charge is -2.34. The molecule has 2 N–H and O–H groups in total. The Labute approximate surface area is 170 Å². The van der Waals surface area contributed by atoms with Gasteiger partial charge in [-0.3, -0.25) is 0 Å². The molecule has 0 aliphatic carbocycles. The molecule has 0 radical (unpaired) electrons. The Morgan fingerprint density at radius 1 is 1.07 bits per heavy atom. The molecular formula is C21H26BFN2O4. The second-order valence-electron chi connectivity index (χ2n) is 8.69. The minimum atomic E-state index is -1.48. The lowest BCUT2D eigenvalue weighted by Crippen LogP contribution is -2.42. The highest BCUT2D eigenvalue weighted by atomic mass is 19.1. The summed E-state index contributed by atoms with van der Waals surface area (Å²) >= 11 is 0. The number of nitrogens with one attached hydrogen (secondary N) is 1. The number of anilines is 1. The van der Waals surface area contributed by atoms with E-state index in [2.05, 4.69) is 10.3 Å². The van der Waals surface area contributed by atoms with Crippen molar-refractivity contribution < 1.29 is 23.5 Å². The molecule has 2 saturated heterocycles. The van der Waals surface area contributed by atoms with E-state index in [1.54, 1.807) is 24.3 Å². The van der Waals surface area contributed by atoms with Crippen LogP contribution in [-0.2, 0) is 19.7 Å². The first-order valence-electron chi connectivity index (χ1n) is 9.73. The van der Waals surface area contributed by atoms with Crippen LogP contribution in [0.4, 0.5) is 10.2 Å². The highest BCUT2D eigenvalue weighted by Gasteiger charge is 2.51. The van der Waals surface area contributed by atoms with Crippen LogP contribution >= 0.6 is 0 Å². The van der Waals surface area contributed by atoms with Crippen molar-refractivity contribution in [1.29, 1.82) is 0 Å². The van der Waals surface area contributed by atoms with Gasteiger partial charge in [0.2, 0.25) is 0 Å². The molecular weight excluding hydrogens is 374 g/mol. The standard InChI is InChI=1S/C21H26BFN2O4/c1-19(2)20(3,4)29-22(28-19)16-7-5-14(6-8-16)18(26)25-17-11-15(9-10-24-17)21(23)12-27-13-21/h5-11,18,26H,12-13H2,1-4H3,(H,24,25). The van der Waals surface area contributed by atoms with Gasteiger partial charge in [0.25, 0.3) is 0 Å². The van der Waals surface area contributed by atoms with Crippen LogP contribution in [0.5, 0.6) is 0 Å². The number of benzene rings is 1. The summed E-state index contributed by atoms with van der Waals surface area (Å²) in [7, 11) is -0.456. The molecule has 2 aromatic rings. The minimum absolute atomic E-state index is 0.0411. The monoisotopic (exact) mass is 400 g/mol. The highest BCUT2D eigenvalue weighted by molar-refractivity contribution is 6.62. The van der Waals surface area contributed by atoms with E-state index in [1.165, 1.54) is 6.20 Å². The molecule has 2 fully saturated rings. The molecule has 1 aromatic carbocycles.